The van der Waals surface area contributed by atoms with Crippen LogP contribution in [0.5, 0.6) is 0 Å². The van der Waals surface area contributed by atoms with Crippen LogP contribution < -0.4 is 15.8 Å². The number of aromatic nitrogens is 5. The molecule has 0 spiro atoms. The predicted octanol–water partition coefficient (Wildman–Crippen LogP) is 1.43. The maximum atomic E-state index is 12.6. The maximum absolute atomic E-state index is 12.6. The Kier molecular flexibility index (Phi) is 7.20. The lowest BCUT2D eigenvalue weighted by Crippen LogP contribution is -2.42. The van der Waals surface area contributed by atoms with Crippen molar-refractivity contribution in [2.45, 2.75) is 25.9 Å². The number of hydrazine groups is 1. The zero-order chi connectivity index (χ0) is 23.4. The third kappa shape index (κ3) is 5.49. The van der Waals surface area contributed by atoms with E-state index in [0.29, 0.717) is 28.9 Å². The second-order valence-electron chi connectivity index (χ2n) is 7.46. The van der Waals surface area contributed by atoms with Crippen LogP contribution in [0.3, 0.4) is 0 Å². The van der Waals surface area contributed by atoms with E-state index >= 15 is 0 Å². The van der Waals surface area contributed by atoms with Gasteiger partial charge in [-0.05, 0) is 48.4 Å². The van der Waals surface area contributed by atoms with E-state index < -0.39 is 5.91 Å². The van der Waals surface area contributed by atoms with E-state index in [1.807, 2.05) is 32.0 Å². The molecule has 11 nitrogen and oxygen atoms in total. The summed E-state index contributed by atoms with van der Waals surface area (Å²) in [4.78, 5) is 31.9. The largest absolute Gasteiger partial charge is 0.378 e. The van der Waals surface area contributed by atoms with Gasteiger partial charge in [0, 0.05) is 13.1 Å². The molecule has 4 rings (SSSR count). The zero-order valence-corrected chi connectivity index (χ0v) is 20.1. The topological polar surface area (TPSA) is 127 Å². The van der Waals surface area contributed by atoms with E-state index in [0.717, 1.165) is 35.0 Å². The highest BCUT2D eigenvalue weighted by atomic mass is 32.2. The summed E-state index contributed by atoms with van der Waals surface area (Å²) in [5, 5.41) is 13.1. The highest BCUT2D eigenvalue weighted by Gasteiger charge is 2.21. The van der Waals surface area contributed by atoms with Crippen LogP contribution in [-0.2, 0) is 9.53 Å². The van der Waals surface area contributed by atoms with Gasteiger partial charge in [-0.3, -0.25) is 20.4 Å². The highest BCUT2D eigenvalue weighted by Crippen LogP contribution is 2.26. The fourth-order valence-corrected chi connectivity index (χ4v) is 4.90. The van der Waals surface area contributed by atoms with Gasteiger partial charge in [-0.2, -0.15) is 4.68 Å². The van der Waals surface area contributed by atoms with Gasteiger partial charge in [0.1, 0.15) is 4.88 Å². The van der Waals surface area contributed by atoms with Crippen LogP contribution >= 0.6 is 23.1 Å². The molecule has 0 saturated carbocycles. The van der Waals surface area contributed by atoms with Crippen LogP contribution in [0.4, 0.5) is 5.13 Å². The highest BCUT2D eigenvalue weighted by molar-refractivity contribution is 7.99. The number of morpholine rings is 1. The Morgan fingerprint density at radius 1 is 1.18 bits per heavy atom. The first kappa shape index (κ1) is 23.1. The summed E-state index contributed by atoms with van der Waals surface area (Å²) >= 11 is 2.48. The van der Waals surface area contributed by atoms with Gasteiger partial charge in [-0.25, -0.2) is 4.98 Å². The molecule has 0 radical (unpaired) electrons. The first-order valence-corrected chi connectivity index (χ1v) is 12.1. The third-order valence-corrected chi connectivity index (χ3v) is 7.09. The number of carbonyl (C=O) groups is 2. The fraction of sp³-hybridized carbons (Fsp3) is 0.400. The second kappa shape index (κ2) is 10.3. The Hall–Kier alpha value is -3.03. The quantitative estimate of drug-likeness (QED) is 0.391. The minimum atomic E-state index is -0.400. The Labute approximate surface area is 198 Å². The zero-order valence-electron chi connectivity index (χ0n) is 18.5. The molecule has 3 heterocycles. The molecule has 1 fully saturated rings. The molecule has 0 aliphatic carbocycles. The van der Waals surface area contributed by atoms with Gasteiger partial charge in [-0.15, -0.1) is 5.10 Å². The molecule has 174 valence electrons. The number of rotatable bonds is 6. The number of nitrogens with zero attached hydrogens (tertiary/aromatic N) is 6. The molecule has 1 aliphatic rings. The first-order chi connectivity index (χ1) is 15.9. The number of hydrogen-bond donors (Lipinski definition) is 2. The Morgan fingerprint density at radius 3 is 2.76 bits per heavy atom. The van der Waals surface area contributed by atoms with E-state index in [4.69, 9.17) is 4.74 Å². The summed E-state index contributed by atoms with van der Waals surface area (Å²) in [6.45, 7) is 8.50. The number of ether oxygens (including phenoxy) is 1. The minimum Gasteiger partial charge on any atom is -0.378 e. The van der Waals surface area contributed by atoms with Crippen LogP contribution in [0.15, 0.2) is 23.4 Å². The number of carbonyl (C=O) groups excluding carboxylic acids is 2. The number of nitrogens with one attached hydrogen (secondary N) is 2. The van der Waals surface area contributed by atoms with Crippen LogP contribution in [0, 0.1) is 20.8 Å². The van der Waals surface area contributed by atoms with E-state index in [-0.39, 0.29) is 11.7 Å². The predicted molar refractivity (Wildman–Crippen MR) is 125 cm³/mol. The molecule has 2 aromatic heterocycles. The summed E-state index contributed by atoms with van der Waals surface area (Å²) in [5.74, 6) is -0.742. The van der Waals surface area contributed by atoms with Crippen molar-refractivity contribution in [2.24, 2.45) is 0 Å². The van der Waals surface area contributed by atoms with E-state index in [2.05, 4.69) is 36.3 Å². The van der Waals surface area contributed by atoms with Crippen molar-refractivity contribution >= 4 is 40.0 Å². The molecule has 1 aliphatic heterocycles. The number of thiazole rings is 1. The number of tetrazole rings is 1. The molecule has 3 aromatic rings. The Balaban J connectivity index is 1.32. The van der Waals surface area contributed by atoms with Crippen LogP contribution in [0.25, 0.3) is 5.69 Å². The number of anilines is 1. The summed E-state index contributed by atoms with van der Waals surface area (Å²) < 4.78 is 6.96. The van der Waals surface area contributed by atoms with Gasteiger partial charge in [-0.1, -0.05) is 35.2 Å². The Bertz CT molecular complexity index is 1160. The lowest BCUT2D eigenvalue weighted by Gasteiger charge is -2.25. The van der Waals surface area contributed by atoms with Crippen molar-refractivity contribution in [3.63, 3.8) is 0 Å². The monoisotopic (exact) mass is 488 g/mol. The SMILES string of the molecule is Cc1ccc(C)c(-n2nnnc2SCC(=O)NNC(=O)c2sc(N3CCOCC3)nc2C)c1. The number of thioether (sulfide) groups is 1. The number of amides is 2. The molecule has 0 atom stereocenters. The van der Waals surface area contributed by atoms with Crippen molar-refractivity contribution < 1.29 is 14.3 Å². The van der Waals surface area contributed by atoms with Gasteiger partial charge in [0.15, 0.2) is 5.13 Å². The molecule has 0 bridgehead atoms. The minimum absolute atomic E-state index is 0.0339. The first-order valence-electron chi connectivity index (χ1n) is 10.3. The fourth-order valence-electron chi connectivity index (χ4n) is 3.20. The standard InChI is InChI=1S/C20H24N8O3S2/c1-12-4-5-13(2)15(10-12)28-20(24-25-26-28)32-11-16(29)22-23-18(30)17-14(3)21-19(33-17)27-6-8-31-9-7-27/h4-5,10H,6-9,11H2,1-3H3,(H,22,29)(H,23,30). The van der Waals surface area contributed by atoms with Gasteiger partial charge in [0.25, 0.3) is 5.91 Å². The Morgan fingerprint density at radius 2 is 1.97 bits per heavy atom. The van der Waals surface area contributed by atoms with Crippen LogP contribution in [0.2, 0.25) is 0 Å². The summed E-state index contributed by atoms with van der Waals surface area (Å²) in [6, 6.07) is 5.99. The van der Waals surface area contributed by atoms with Gasteiger partial charge in [0.05, 0.1) is 30.3 Å². The number of hydrogen-bond acceptors (Lipinski definition) is 10. The van der Waals surface area contributed by atoms with Gasteiger partial charge >= 0.3 is 0 Å². The second-order valence-corrected chi connectivity index (χ2v) is 9.38. The third-order valence-electron chi connectivity index (χ3n) is 4.95. The molecule has 13 heteroatoms. The number of benzene rings is 1. The van der Waals surface area contributed by atoms with Crippen LogP contribution in [-0.4, -0.2) is 69.1 Å². The van der Waals surface area contributed by atoms with Crippen LogP contribution in [0.1, 0.15) is 26.5 Å². The van der Waals surface area contributed by atoms with E-state index in [1.54, 1.807) is 11.6 Å². The van der Waals surface area contributed by atoms with E-state index in [9.17, 15) is 9.59 Å². The normalized spacial score (nSPS) is 13.7. The molecular formula is C20H24N8O3S2. The molecule has 2 N–H and O–H groups in total. The van der Waals surface area contributed by atoms with E-state index in [1.165, 1.54) is 23.1 Å². The molecule has 1 aromatic carbocycles. The number of aryl methyl sites for hydroxylation is 3. The van der Waals surface area contributed by atoms with Crippen molar-refractivity contribution in [1.82, 2.24) is 36.0 Å². The molecule has 0 unspecified atom stereocenters. The van der Waals surface area contributed by atoms with Crippen molar-refractivity contribution in [3.05, 3.63) is 39.9 Å². The van der Waals surface area contributed by atoms with Crippen molar-refractivity contribution in [2.75, 3.05) is 37.0 Å². The molecule has 1 saturated heterocycles. The molecule has 33 heavy (non-hydrogen) atoms. The lowest BCUT2D eigenvalue weighted by atomic mass is 10.1. The summed E-state index contributed by atoms with van der Waals surface area (Å²) in [7, 11) is 0. The van der Waals surface area contributed by atoms with Crippen molar-refractivity contribution in [3.8, 4) is 5.69 Å². The van der Waals surface area contributed by atoms with Crippen molar-refractivity contribution in [1.29, 1.82) is 0 Å². The summed E-state index contributed by atoms with van der Waals surface area (Å²) in [6.07, 6.45) is 0. The average Bonchev–Trinajstić information content (AvgIpc) is 3.45. The smallest absolute Gasteiger partial charge is 0.281 e. The maximum Gasteiger partial charge on any atom is 0.281 e. The average molecular weight is 489 g/mol. The molecule has 2 amide bonds. The lowest BCUT2D eigenvalue weighted by molar-refractivity contribution is -0.119. The van der Waals surface area contributed by atoms with Gasteiger partial charge < -0.3 is 9.64 Å². The van der Waals surface area contributed by atoms with Gasteiger partial charge in [0.2, 0.25) is 11.1 Å². The molecular weight excluding hydrogens is 464 g/mol. The summed E-state index contributed by atoms with van der Waals surface area (Å²) in [5.41, 5.74) is 8.49.